The van der Waals surface area contributed by atoms with E-state index in [2.05, 4.69) is 19.9 Å². The SMILES string of the molecule is Cc1cc(Cl)ccc1OCCN1CCN(Cc2cc(-c3cccnc3)no2)CC1. The highest BCUT2D eigenvalue weighted by atomic mass is 35.5. The molecule has 4 rings (SSSR count). The Morgan fingerprint density at radius 1 is 1.10 bits per heavy atom. The highest BCUT2D eigenvalue weighted by Crippen LogP contribution is 2.22. The number of ether oxygens (including phenoxy) is 1. The Hall–Kier alpha value is -2.41. The third-order valence-electron chi connectivity index (χ3n) is 5.16. The molecule has 0 bridgehead atoms. The predicted octanol–water partition coefficient (Wildman–Crippen LogP) is 3.90. The Kier molecular flexibility index (Phi) is 6.44. The quantitative estimate of drug-likeness (QED) is 0.586. The van der Waals surface area contributed by atoms with Gasteiger partial charge in [0.25, 0.3) is 0 Å². The monoisotopic (exact) mass is 412 g/mol. The molecule has 0 radical (unpaired) electrons. The number of rotatable bonds is 7. The highest BCUT2D eigenvalue weighted by molar-refractivity contribution is 6.30. The minimum absolute atomic E-state index is 0.680. The second-order valence-electron chi connectivity index (χ2n) is 7.30. The van der Waals surface area contributed by atoms with Gasteiger partial charge < -0.3 is 9.26 Å². The molecule has 0 unspecified atom stereocenters. The van der Waals surface area contributed by atoms with E-state index >= 15 is 0 Å². The minimum atomic E-state index is 0.680. The summed E-state index contributed by atoms with van der Waals surface area (Å²) in [7, 11) is 0. The topological polar surface area (TPSA) is 54.6 Å². The van der Waals surface area contributed by atoms with E-state index < -0.39 is 0 Å². The Morgan fingerprint density at radius 3 is 2.69 bits per heavy atom. The Balaban J connectivity index is 1.20. The number of piperazine rings is 1. The maximum Gasteiger partial charge on any atom is 0.151 e. The van der Waals surface area contributed by atoms with Crippen molar-refractivity contribution in [3.63, 3.8) is 0 Å². The van der Waals surface area contributed by atoms with Gasteiger partial charge in [-0.25, -0.2) is 0 Å². The van der Waals surface area contributed by atoms with Gasteiger partial charge in [-0.15, -0.1) is 0 Å². The summed E-state index contributed by atoms with van der Waals surface area (Å²) in [5.41, 5.74) is 2.88. The van der Waals surface area contributed by atoms with E-state index in [9.17, 15) is 0 Å². The van der Waals surface area contributed by atoms with Gasteiger partial charge in [-0.3, -0.25) is 14.8 Å². The average molecular weight is 413 g/mol. The summed E-state index contributed by atoms with van der Waals surface area (Å²) < 4.78 is 11.4. The van der Waals surface area contributed by atoms with Gasteiger partial charge >= 0.3 is 0 Å². The number of pyridine rings is 1. The van der Waals surface area contributed by atoms with Crippen molar-refractivity contribution in [1.29, 1.82) is 0 Å². The summed E-state index contributed by atoms with van der Waals surface area (Å²) in [6.07, 6.45) is 3.56. The van der Waals surface area contributed by atoms with E-state index in [0.717, 1.165) is 72.6 Å². The molecule has 0 spiro atoms. The Bertz CT molecular complexity index is 924. The lowest BCUT2D eigenvalue weighted by Gasteiger charge is -2.34. The van der Waals surface area contributed by atoms with Gasteiger partial charge in [-0.05, 0) is 42.8 Å². The van der Waals surface area contributed by atoms with Gasteiger partial charge in [0.2, 0.25) is 0 Å². The van der Waals surface area contributed by atoms with Crippen molar-refractivity contribution in [3.8, 4) is 17.0 Å². The van der Waals surface area contributed by atoms with Crippen LogP contribution >= 0.6 is 11.6 Å². The number of halogens is 1. The van der Waals surface area contributed by atoms with E-state index in [1.54, 1.807) is 12.4 Å². The van der Waals surface area contributed by atoms with Crippen LogP contribution in [0.2, 0.25) is 5.02 Å². The molecule has 0 amide bonds. The van der Waals surface area contributed by atoms with Crippen molar-refractivity contribution in [2.45, 2.75) is 13.5 Å². The molecule has 0 aliphatic carbocycles. The number of hydrogen-bond acceptors (Lipinski definition) is 6. The molecule has 29 heavy (non-hydrogen) atoms. The summed E-state index contributed by atoms with van der Waals surface area (Å²) in [5.74, 6) is 1.79. The Morgan fingerprint density at radius 2 is 1.93 bits per heavy atom. The molecule has 152 valence electrons. The van der Waals surface area contributed by atoms with Crippen molar-refractivity contribution in [1.82, 2.24) is 19.9 Å². The Labute approximate surface area is 176 Å². The molecule has 3 heterocycles. The first-order chi connectivity index (χ1) is 14.2. The molecule has 3 aromatic rings. The summed E-state index contributed by atoms with van der Waals surface area (Å²) in [5, 5.41) is 4.91. The van der Waals surface area contributed by atoms with Crippen LogP contribution in [0.15, 0.2) is 53.3 Å². The lowest BCUT2D eigenvalue weighted by Crippen LogP contribution is -2.46. The number of aryl methyl sites for hydroxylation is 1. The fourth-order valence-corrected chi connectivity index (χ4v) is 3.72. The fraction of sp³-hybridized carbons (Fsp3) is 0.364. The summed E-state index contributed by atoms with van der Waals surface area (Å²) in [6.45, 7) is 8.44. The number of nitrogens with zero attached hydrogens (tertiary/aromatic N) is 4. The molecule has 0 N–H and O–H groups in total. The van der Waals surface area contributed by atoms with Crippen molar-refractivity contribution >= 4 is 11.6 Å². The van der Waals surface area contributed by atoms with Crippen LogP contribution in [0.4, 0.5) is 0 Å². The summed E-state index contributed by atoms with van der Waals surface area (Å²) >= 11 is 6.00. The van der Waals surface area contributed by atoms with E-state index in [0.29, 0.717) is 6.61 Å². The normalized spacial score (nSPS) is 15.5. The maximum atomic E-state index is 6.00. The maximum absolute atomic E-state index is 6.00. The fourth-order valence-electron chi connectivity index (χ4n) is 3.49. The van der Waals surface area contributed by atoms with Crippen molar-refractivity contribution in [3.05, 3.63) is 65.1 Å². The molecule has 2 aromatic heterocycles. The van der Waals surface area contributed by atoms with Gasteiger partial charge in [-0.2, -0.15) is 0 Å². The lowest BCUT2D eigenvalue weighted by molar-refractivity contribution is 0.105. The van der Waals surface area contributed by atoms with Crippen molar-refractivity contribution in [2.24, 2.45) is 0 Å². The molecule has 1 aliphatic heterocycles. The van der Waals surface area contributed by atoms with E-state index in [1.165, 1.54) is 0 Å². The van der Waals surface area contributed by atoms with Crippen LogP contribution in [0.3, 0.4) is 0 Å². The van der Waals surface area contributed by atoms with Crippen LogP contribution in [0.25, 0.3) is 11.3 Å². The smallest absolute Gasteiger partial charge is 0.151 e. The number of hydrogen-bond donors (Lipinski definition) is 0. The first kappa shape index (κ1) is 19.9. The van der Waals surface area contributed by atoms with Gasteiger partial charge in [0, 0.05) is 61.8 Å². The first-order valence-electron chi connectivity index (χ1n) is 9.87. The third-order valence-corrected chi connectivity index (χ3v) is 5.40. The standard InChI is InChI=1S/C22H25ClN4O2/c1-17-13-19(23)4-5-22(17)28-12-11-26-7-9-27(10-8-26)16-20-14-21(25-29-20)18-3-2-6-24-15-18/h2-6,13-15H,7-12,16H2,1H3. The second-order valence-corrected chi connectivity index (χ2v) is 7.73. The molecular weight excluding hydrogens is 388 g/mol. The predicted molar refractivity (Wildman–Crippen MR) is 113 cm³/mol. The minimum Gasteiger partial charge on any atom is -0.492 e. The molecule has 1 fully saturated rings. The van der Waals surface area contributed by atoms with Gasteiger partial charge in [0.15, 0.2) is 5.76 Å². The first-order valence-corrected chi connectivity index (χ1v) is 10.2. The molecule has 1 saturated heterocycles. The molecule has 7 heteroatoms. The summed E-state index contributed by atoms with van der Waals surface area (Å²) in [6, 6.07) is 11.6. The van der Waals surface area contributed by atoms with E-state index in [-0.39, 0.29) is 0 Å². The van der Waals surface area contributed by atoms with Crippen LogP contribution in [0.5, 0.6) is 5.75 Å². The third kappa shape index (κ3) is 5.35. The van der Waals surface area contributed by atoms with Crippen LogP contribution in [-0.4, -0.2) is 59.3 Å². The zero-order valence-corrected chi connectivity index (χ0v) is 17.3. The van der Waals surface area contributed by atoms with Crippen LogP contribution in [0, 0.1) is 6.92 Å². The van der Waals surface area contributed by atoms with Crippen LogP contribution in [-0.2, 0) is 6.54 Å². The zero-order chi connectivity index (χ0) is 20.1. The molecule has 6 nitrogen and oxygen atoms in total. The van der Waals surface area contributed by atoms with Crippen molar-refractivity contribution in [2.75, 3.05) is 39.3 Å². The van der Waals surface area contributed by atoms with Gasteiger partial charge in [-0.1, -0.05) is 16.8 Å². The number of aromatic nitrogens is 2. The molecular formula is C22H25ClN4O2. The highest BCUT2D eigenvalue weighted by Gasteiger charge is 2.19. The van der Waals surface area contributed by atoms with E-state index in [1.807, 2.05) is 43.3 Å². The van der Waals surface area contributed by atoms with Gasteiger partial charge in [0.05, 0.1) is 6.54 Å². The zero-order valence-electron chi connectivity index (χ0n) is 16.6. The van der Waals surface area contributed by atoms with Gasteiger partial charge in [0.1, 0.15) is 18.1 Å². The largest absolute Gasteiger partial charge is 0.492 e. The van der Waals surface area contributed by atoms with E-state index in [4.69, 9.17) is 20.9 Å². The lowest BCUT2D eigenvalue weighted by atomic mass is 10.2. The van der Waals surface area contributed by atoms with Crippen molar-refractivity contribution < 1.29 is 9.26 Å². The summed E-state index contributed by atoms with van der Waals surface area (Å²) in [4.78, 5) is 8.96. The molecule has 1 aliphatic rings. The average Bonchev–Trinajstić information content (AvgIpc) is 3.20. The molecule has 0 saturated carbocycles. The molecule has 1 aromatic carbocycles. The van der Waals surface area contributed by atoms with Crippen LogP contribution < -0.4 is 4.74 Å². The van der Waals surface area contributed by atoms with Crippen LogP contribution in [0.1, 0.15) is 11.3 Å². The second kappa shape index (κ2) is 9.39. The number of benzene rings is 1. The molecule has 0 atom stereocenters.